The molecule has 0 saturated heterocycles. The first kappa shape index (κ1) is 18.1. The molecular weight excluding hydrogens is 354 g/mol. The van der Waals surface area contributed by atoms with Gasteiger partial charge in [-0.15, -0.1) is 11.8 Å². The predicted molar refractivity (Wildman–Crippen MR) is 101 cm³/mol. The molecule has 7 heteroatoms. The molecule has 26 heavy (non-hydrogen) atoms. The van der Waals surface area contributed by atoms with Crippen molar-refractivity contribution in [3.8, 4) is 17.2 Å². The second-order valence-corrected chi connectivity index (χ2v) is 6.54. The van der Waals surface area contributed by atoms with E-state index in [1.807, 2.05) is 0 Å². The number of fused-ring (bicyclic) bond motifs is 1. The van der Waals surface area contributed by atoms with E-state index in [9.17, 15) is 9.59 Å². The fourth-order valence-corrected chi connectivity index (χ4v) is 3.12. The molecule has 0 aliphatic carbocycles. The van der Waals surface area contributed by atoms with Crippen molar-refractivity contribution in [3.63, 3.8) is 0 Å². The average molecular weight is 373 g/mol. The Morgan fingerprint density at radius 1 is 1.04 bits per heavy atom. The number of Topliss-reactive ketones (excluding diaryl/α,β-unsaturated/α-hetero) is 1. The van der Waals surface area contributed by atoms with E-state index in [2.05, 4.69) is 5.32 Å². The van der Waals surface area contributed by atoms with Gasteiger partial charge in [0.1, 0.15) is 19.0 Å². The number of carbonyl (C=O) groups is 2. The van der Waals surface area contributed by atoms with E-state index in [1.165, 1.54) is 11.8 Å². The van der Waals surface area contributed by atoms with Crippen molar-refractivity contribution in [2.24, 2.45) is 0 Å². The van der Waals surface area contributed by atoms with Gasteiger partial charge in [0.05, 0.1) is 18.6 Å². The molecule has 0 saturated carbocycles. The van der Waals surface area contributed by atoms with Crippen LogP contribution in [0.4, 0.5) is 5.69 Å². The van der Waals surface area contributed by atoms with Crippen molar-refractivity contribution < 1.29 is 23.8 Å². The molecule has 1 N–H and O–H groups in total. The third kappa shape index (κ3) is 4.70. The van der Waals surface area contributed by atoms with Gasteiger partial charge in [-0.25, -0.2) is 0 Å². The van der Waals surface area contributed by atoms with E-state index in [0.29, 0.717) is 36.0 Å². The number of methoxy groups -OCH3 is 1. The highest BCUT2D eigenvalue weighted by Crippen LogP contribution is 2.31. The highest BCUT2D eigenvalue weighted by atomic mass is 32.2. The van der Waals surface area contributed by atoms with E-state index >= 15 is 0 Å². The number of carbonyl (C=O) groups excluding carboxylic acids is 2. The molecule has 6 nitrogen and oxygen atoms in total. The van der Waals surface area contributed by atoms with Crippen molar-refractivity contribution in [3.05, 3.63) is 48.0 Å². The summed E-state index contributed by atoms with van der Waals surface area (Å²) in [5.74, 6) is 2.17. The summed E-state index contributed by atoms with van der Waals surface area (Å²) >= 11 is 1.27. The topological polar surface area (TPSA) is 73.9 Å². The maximum Gasteiger partial charge on any atom is 0.234 e. The third-order valence-corrected chi connectivity index (χ3v) is 4.64. The monoisotopic (exact) mass is 373 g/mol. The summed E-state index contributed by atoms with van der Waals surface area (Å²) in [4.78, 5) is 24.2. The third-order valence-electron chi connectivity index (χ3n) is 3.70. The van der Waals surface area contributed by atoms with Crippen molar-refractivity contribution in [1.29, 1.82) is 0 Å². The lowest BCUT2D eigenvalue weighted by atomic mass is 10.1. The van der Waals surface area contributed by atoms with Gasteiger partial charge in [0.15, 0.2) is 17.3 Å². The van der Waals surface area contributed by atoms with Crippen molar-refractivity contribution in [2.75, 3.05) is 37.1 Å². The number of amides is 1. The summed E-state index contributed by atoms with van der Waals surface area (Å²) in [6, 6.07) is 12.2. The van der Waals surface area contributed by atoms with Crippen molar-refractivity contribution in [1.82, 2.24) is 0 Å². The van der Waals surface area contributed by atoms with E-state index in [1.54, 1.807) is 49.6 Å². The Hall–Kier alpha value is -2.67. The summed E-state index contributed by atoms with van der Waals surface area (Å²) in [7, 11) is 1.59. The van der Waals surface area contributed by atoms with Crippen LogP contribution in [0.3, 0.4) is 0 Å². The summed E-state index contributed by atoms with van der Waals surface area (Å²) in [6.45, 7) is 0.990. The van der Waals surface area contributed by atoms with Crippen LogP contribution in [0, 0.1) is 0 Å². The van der Waals surface area contributed by atoms with Crippen molar-refractivity contribution >= 4 is 29.1 Å². The van der Waals surface area contributed by atoms with Crippen LogP contribution in [-0.2, 0) is 4.79 Å². The Kier molecular flexibility index (Phi) is 6.01. The Bertz CT molecular complexity index is 791. The Balaban J connectivity index is 1.46. The lowest BCUT2D eigenvalue weighted by Crippen LogP contribution is -2.17. The maximum atomic E-state index is 12.3. The predicted octanol–water partition coefficient (Wildman–Crippen LogP) is 3.02. The number of ketones is 1. The largest absolute Gasteiger partial charge is 0.497 e. The van der Waals surface area contributed by atoms with Crippen LogP contribution in [0.1, 0.15) is 10.4 Å². The smallest absolute Gasteiger partial charge is 0.234 e. The van der Waals surface area contributed by atoms with Crippen LogP contribution in [0.2, 0.25) is 0 Å². The molecule has 2 aromatic carbocycles. The summed E-state index contributed by atoms with van der Waals surface area (Å²) < 4.78 is 16.0. The van der Waals surface area contributed by atoms with Gasteiger partial charge in [-0.3, -0.25) is 9.59 Å². The number of hydrogen-bond acceptors (Lipinski definition) is 6. The fraction of sp³-hybridized carbons (Fsp3) is 0.263. The van der Waals surface area contributed by atoms with E-state index in [4.69, 9.17) is 14.2 Å². The van der Waals surface area contributed by atoms with Gasteiger partial charge in [0.2, 0.25) is 5.91 Å². The zero-order valence-corrected chi connectivity index (χ0v) is 15.1. The first-order chi connectivity index (χ1) is 12.7. The lowest BCUT2D eigenvalue weighted by Gasteiger charge is -2.18. The average Bonchev–Trinajstić information content (AvgIpc) is 2.68. The zero-order chi connectivity index (χ0) is 18.4. The van der Waals surface area contributed by atoms with Crippen LogP contribution < -0.4 is 19.5 Å². The van der Waals surface area contributed by atoms with Crippen LogP contribution in [0.5, 0.6) is 17.2 Å². The minimum absolute atomic E-state index is 0.0516. The van der Waals surface area contributed by atoms with E-state index in [-0.39, 0.29) is 23.2 Å². The van der Waals surface area contributed by atoms with Crippen LogP contribution >= 0.6 is 11.8 Å². The van der Waals surface area contributed by atoms with Gasteiger partial charge in [-0.05, 0) is 42.5 Å². The molecule has 0 fully saturated rings. The molecule has 0 unspecified atom stereocenters. The van der Waals surface area contributed by atoms with Gasteiger partial charge >= 0.3 is 0 Å². The van der Waals surface area contributed by atoms with Crippen LogP contribution in [-0.4, -0.2) is 43.5 Å². The number of anilines is 1. The van der Waals surface area contributed by atoms with Gasteiger partial charge in [-0.2, -0.15) is 0 Å². The van der Waals surface area contributed by atoms with E-state index < -0.39 is 0 Å². The first-order valence-electron chi connectivity index (χ1n) is 8.10. The number of rotatable bonds is 7. The Morgan fingerprint density at radius 2 is 1.77 bits per heavy atom. The SMILES string of the molecule is COc1ccc(NC(=O)CSCC(=O)c2ccc3c(c2)OCCO3)cc1. The lowest BCUT2D eigenvalue weighted by molar-refractivity contribution is -0.113. The van der Waals surface area contributed by atoms with Crippen LogP contribution in [0.15, 0.2) is 42.5 Å². The molecule has 1 aliphatic rings. The molecule has 0 radical (unpaired) electrons. The molecule has 1 heterocycles. The number of ether oxygens (including phenoxy) is 3. The van der Waals surface area contributed by atoms with Gasteiger partial charge in [0.25, 0.3) is 0 Å². The van der Waals surface area contributed by atoms with Gasteiger partial charge < -0.3 is 19.5 Å². The molecule has 0 atom stereocenters. The molecule has 136 valence electrons. The zero-order valence-electron chi connectivity index (χ0n) is 14.3. The minimum Gasteiger partial charge on any atom is -0.497 e. The Morgan fingerprint density at radius 3 is 2.50 bits per heavy atom. The molecule has 2 aromatic rings. The van der Waals surface area contributed by atoms with Crippen LogP contribution in [0.25, 0.3) is 0 Å². The fourth-order valence-electron chi connectivity index (χ4n) is 2.41. The summed E-state index contributed by atoms with van der Waals surface area (Å²) in [6.07, 6.45) is 0. The molecule has 0 spiro atoms. The number of hydrogen-bond donors (Lipinski definition) is 1. The highest BCUT2D eigenvalue weighted by molar-refractivity contribution is 8.00. The summed E-state index contributed by atoms with van der Waals surface area (Å²) in [5.41, 5.74) is 1.24. The first-order valence-corrected chi connectivity index (χ1v) is 9.25. The van der Waals surface area contributed by atoms with E-state index in [0.717, 1.165) is 5.75 Å². The van der Waals surface area contributed by atoms with Gasteiger partial charge in [0, 0.05) is 11.3 Å². The number of nitrogens with one attached hydrogen (secondary N) is 1. The summed E-state index contributed by atoms with van der Waals surface area (Å²) in [5, 5.41) is 2.78. The second kappa shape index (κ2) is 8.62. The quantitative estimate of drug-likeness (QED) is 0.752. The maximum absolute atomic E-state index is 12.3. The number of thioether (sulfide) groups is 1. The van der Waals surface area contributed by atoms with Gasteiger partial charge in [-0.1, -0.05) is 0 Å². The minimum atomic E-state index is -0.157. The Labute approximate surface area is 155 Å². The molecule has 0 aromatic heterocycles. The van der Waals surface area contributed by atoms with Crippen molar-refractivity contribution in [2.45, 2.75) is 0 Å². The molecular formula is C19H19NO5S. The number of benzene rings is 2. The standard InChI is InChI=1S/C19H19NO5S/c1-23-15-5-3-14(4-6-15)20-19(22)12-26-11-16(21)13-2-7-17-18(10-13)25-9-8-24-17/h2-7,10H,8-9,11-12H2,1H3,(H,20,22). The molecule has 1 aliphatic heterocycles. The normalized spacial score (nSPS) is 12.3. The second-order valence-electron chi connectivity index (χ2n) is 5.55. The molecule has 0 bridgehead atoms. The molecule has 1 amide bonds. The molecule has 3 rings (SSSR count). The highest BCUT2D eigenvalue weighted by Gasteiger charge is 2.15.